The van der Waals surface area contributed by atoms with Crippen LogP contribution in [0.1, 0.15) is 17.1 Å². The van der Waals surface area contributed by atoms with E-state index in [2.05, 4.69) is 9.97 Å². The molecule has 4 nitrogen and oxygen atoms in total. The first-order chi connectivity index (χ1) is 9.88. The molecule has 0 aliphatic heterocycles. The summed E-state index contributed by atoms with van der Waals surface area (Å²) in [5.74, 6) is -0.394. The van der Waals surface area contributed by atoms with Crippen LogP contribution in [0.15, 0.2) is 18.2 Å². The van der Waals surface area contributed by atoms with E-state index in [4.69, 9.17) is 5.73 Å². The number of aromatic nitrogens is 3. The molecule has 2 aromatic heterocycles. The molecule has 21 heavy (non-hydrogen) atoms. The van der Waals surface area contributed by atoms with Crippen molar-refractivity contribution in [2.45, 2.75) is 20.8 Å². The van der Waals surface area contributed by atoms with Gasteiger partial charge >= 0.3 is 0 Å². The first kappa shape index (κ1) is 13.5. The van der Waals surface area contributed by atoms with Crippen molar-refractivity contribution in [2.24, 2.45) is 0 Å². The van der Waals surface area contributed by atoms with Crippen molar-refractivity contribution >= 4 is 16.9 Å². The third-order valence-corrected chi connectivity index (χ3v) is 3.60. The molecule has 0 amide bonds. The van der Waals surface area contributed by atoms with Gasteiger partial charge in [0, 0.05) is 11.8 Å². The van der Waals surface area contributed by atoms with Gasteiger partial charge in [-0.15, -0.1) is 0 Å². The summed E-state index contributed by atoms with van der Waals surface area (Å²) in [6, 6.07) is 3.37. The molecule has 2 N–H and O–H groups in total. The summed E-state index contributed by atoms with van der Waals surface area (Å²) in [5, 5.41) is 0.711. The minimum absolute atomic E-state index is 0.369. The highest BCUT2D eigenvalue weighted by Gasteiger charge is 2.18. The highest BCUT2D eigenvalue weighted by Crippen LogP contribution is 2.30. The molecule has 6 heteroatoms. The highest BCUT2D eigenvalue weighted by molar-refractivity contribution is 5.92. The summed E-state index contributed by atoms with van der Waals surface area (Å²) in [7, 11) is 0. The van der Waals surface area contributed by atoms with Crippen LogP contribution >= 0.6 is 0 Å². The predicted octanol–water partition coefficient (Wildman–Crippen LogP) is 3.21. The standard InChI is InChI=1S/C15H14F2N4/c1-7-8(2)21(12-5-10(16)4-11(17)6-12)15-13(7)14(18)19-9(3)20-15/h4-6H,1-3H3,(H2,18,19,20). The molecule has 0 saturated carbocycles. The molecule has 3 aromatic rings. The lowest BCUT2D eigenvalue weighted by atomic mass is 10.2. The van der Waals surface area contributed by atoms with Crippen LogP contribution < -0.4 is 5.73 Å². The summed E-state index contributed by atoms with van der Waals surface area (Å²) in [4.78, 5) is 8.53. The van der Waals surface area contributed by atoms with Crippen molar-refractivity contribution in [1.29, 1.82) is 0 Å². The average Bonchev–Trinajstić information content (AvgIpc) is 2.60. The second-order valence-corrected chi connectivity index (χ2v) is 5.03. The van der Waals surface area contributed by atoms with Crippen LogP contribution in [0.3, 0.4) is 0 Å². The summed E-state index contributed by atoms with van der Waals surface area (Å²) >= 11 is 0. The molecule has 0 saturated heterocycles. The first-order valence-electron chi connectivity index (χ1n) is 6.46. The van der Waals surface area contributed by atoms with Crippen molar-refractivity contribution in [3.63, 3.8) is 0 Å². The van der Waals surface area contributed by atoms with Gasteiger partial charge in [0.05, 0.1) is 11.1 Å². The fraction of sp³-hybridized carbons (Fsp3) is 0.200. The van der Waals surface area contributed by atoms with Gasteiger partial charge in [-0.2, -0.15) is 0 Å². The van der Waals surface area contributed by atoms with Crippen LogP contribution in [-0.2, 0) is 0 Å². The van der Waals surface area contributed by atoms with E-state index in [1.54, 1.807) is 11.5 Å². The molecule has 0 radical (unpaired) electrons. The maximum atomic E-state index is 13.5. The van der Waals surface area contributed by atoms with Crippen molar-refractivity contribution in [2.75, 3.05) is 5.73 Å². The van der Waals surface area contributed by atoms with E-state index >= 15 is 0 Å². The maximum absolute atomic E-state index is 13.5. The fourth-order valence-electron chi connectivity index (χ4n) is 2.59. The zero-order chi connectivity index (χ0) is 15.3. The largest absolute Gasteiger partial charge is 0.383 e. The third-order valence-electron chi connectivity index (χ3n) is 3.60. The molecule has 0 bridgehead atoms. The van der Waals surface area contributed by atoms with Crippen LogP contribution in [0.4, 0.5) is 14.6 Å². The highest BCUT2D eigenvalue weighted by atomic mass is 19.1. The van der Waals surface area contributed by atoms with Crippen LogP contribution in [0.5, 0.6) is 0 Å². The Morgan fingerprint density at radius 1 is 1.00 bits per heavy atom. The molecule has 0 aliphatic rings. The Hall–Kier alpha value is -2.50. The van der Waals surface area contributed by atoms with Gasteiger partial charge in [-0.25, -0.2) is 18.7 Å². The summed E-state index contributed by atoms with van der Waals surface area (Å²) in [6.07, 6.45) is 0. The van der Waals surface area contributed by atoms with E-state index < -0.39 is 11.6 Å². The Balaban J connectivity index is 2.45. The summed E-state index contributed by atoms with van der Waals surface area (Å²) in [5.41, 5.74) is 8.61. The Bertz CT molecular complexity index is 848. The van der Waals surface area contributed by atoms with Crippen molar-refractivity contribution in [3.8, 4) is 5.69 Å². The Labute approximate surface area is 120 Å². The van der Waals surface area contributed by atoms with Gasteiger partial charge in [-0.3, -0.25) is 4.57 Å². The molecule has 0 aliphatic carbocycles. The molecule has 3 rings (SSSR count). The number of nitrogens with two attached hydrogens (primary N) is 1. The topological polar surface area (TPSA) is 56.7 Å². The monoisotopic (exact) mass is 288 g/mol. The number of nitrogens with zero attached hydrogens (tertiary/aromatic N) is 3. The van der Waals surface area contributed by atoms with Gasteiger partial charge in [0.2, 0.25) is 0 Å². The predicted molar refractivity (Wildman–Crippen MR) is 77.4 cm³/mol. The zero-order valence-corrected chi connectivity index (χ0v) is 11.9. The number of halogens is 2. The summed E-state index contributed by atoms with van der Waals surface area (Å²) < 4.78 is 28.7. The molecule has 2 heterocycles. The number of aryl methyl sites for hydroxylation is 2. The molecule has 1 aromatic carbocycles. The third kappa shape index (κ3) is 2.03. The van der Waals surface area contributed by atoms with Crippen LogP contribution in [-0.4, -0.2) is 14.5 Å². The fourth-order valence-corrected chi connectivity index (χ4v) is 2.59. The van der Waals surface area contributed by atoms with Gasteiger partial charge in [0.1, 0.15) is 23.3 Å². The number of fused-ring (bicyclic) bond motifs is 1. The lowest BCUT2D eigenvalue weighted by Gasteiger charge is -2.09. The lowest BCUT2D eigenvalue weighted by Crippen LogP contribution is -2.02. The number of rotatable bonds is 1. The molecular weight excluding hydrogens is 274 g/mol. The van der Waals surface area contributed by atoms with E-state index in [0.717, 1.165) is 17.3 Å². The quantitative estimate of drug-likeness (QED) is 0.748. The zero-order valence-electron chi connectivity index (χ0n) is 11.9. The average molecular weight is 288 g/mol. The SMILES string of the molecule is Cc1nc(N)c2c(C)c(C)n(-c3cc(F)cc(F)c3)c2n1. The van der Waals surface area contributed by atoms with Gasteiger partial charge in [0.25, 0.3) is 0 Å². The van der Waals surface area contributed by atoms with Gasteiger partial charge in [-0.1, -0.05) is 0 Å². The molecular formula is C15H14F2N4. The maximum Gasteiger partial charge on any atom is 0.150 e. The number of hydrogen-bond donors (Lipinski definition) is 1. The smallest absolute Gasteiger partial charge is 0.150 e. The van der Waals surface area contributed by atoms with Crippen LogP contribution in [0.2, 0.25) is 0 Å². The summed E-state index contributed by atoms with van der Waals surface area (Å²) in [6.45, 7) is 5.47. The number of benzene rings is 1. The molecule has 108 valence electrons. The Morgan fingerprint density at radius 2 is 1.62 bits per heavy atom. The molecule has 0 fully saturated rings. The first-order valence-corrected chi connectivity index (χ1v) is 6.46. The second-order valence-electron chi connectivity index (χ2n) is 5.03. The van der Waals surface area contributed by atoms with Crippen molar-refractivity contribution in [3.05, 3.63) is 46.9 Å². The van der Waals surface area contributed by atoms with Crippen molar-refractivity contribution in [1.82, 2.24) is 14.5 Å². The Kier molecular flexibility index (Phi) is 2.90. The lowest BCUT2D eigenvalue weighted by molar-refractivity contribution is 0.581. The van der Waals surface area contributed by atoms with E-state index in [0.29, 0.717) is 28.4 Å². The van der Waals surface area contributed by atoms with E-state index in [9.17, 15) is 8.78 Å². The van der Waals surface area contributed by atoms with E-state index in [-0.39, 0.29) is 0 Å². The van der Waals surface area contributed by atoms with E-state index in [1.807, 2.05) is 13.8 Å². The number of nitrogen functional groups attached to an aromatic ring is 1. The van der Waals surface area contributed by atoms with Crippen LogP contribution in [0.25, 0.3) is 16.7 Å². The minimum atomic E-state index is -0.636. The number of hydrogen-bond acceptors (Lipinski definition) is 3. The van der Waals surface area contributed by atoms with E-state index in [1.165, 1.54) is 12.1 Å². The molecule has 0 unspecified atom stereocenters. The molecule has 0 atom stereocenters. The minimum Gasteiger partial charge on any atom is -0.383 e. The Morgan fingerprint density at radius 3 is 2.24 bits per heavy atom. The van der Waals surface area contributed by atoms with Crippen molar-refractivity contribution < 1.29 is 8.78 Å². The van der Waals surface area contributed by atoms with Gasteiger partial charge in [-0.05, 0) is 38.5 Å². The van der Waals surface area contributed by atoms with Gasteiger partial charge < -0.3 is 5.73 Å². The van der Waals surface area contributed by atoms with Crippen LogP contribution in [0, 0.1) is 32.4 Å². The number of anilines is 1. The molecule has 0 spiro atoms. The normalized spacial score (nSPS) is 11.3. The van der Waals surface area contributed by atoms with Gasteiger partial charge in [0.15, 0.2) is 5.65 Å². The second kappa shape index (κ2) is 4.51.